The fraction of sp³-hybridized carbons (Fsp3) is 0.477. The summed E-state index contributed by atoms with van der Waals surface area (Å²) in [6, 6.07) is 14.8. The number of aromatic amines is 2. The molecule has 0 bridgehead atoms. The molecule has 2 aromatic carbocycles. The number of fused-ring (bicyclic) bond motifs is 4. The maximum Gasteiger partial charge on any atom is 0.407 e. The van der Waals surface area contributed by atoms with Gasteiger partial charge in [-0.25, -0.2) is 14.8 Å². The predicted molar refractivity (Wildman–Crippen MR) is 211 cm³/mol. The van der Waals surface area contributed by atoms with Gasteiger partial charge in [0.15, 0.2) is 0 Å². The number of alkyl carbamates (subject to hydrolysis) is 1. The molecule has 3 unspecified atom stereocenters. The van der Waals surface area contributed by atoms with Crippen LogP contribution >= 0.6 is 0 Å². The molecule has 1 saturated heterocycles. The number of nitrogens with one attached hydrogen (secondary N) is 3. The standard InChI is InChI=1S/C44H53N7O4/c1-7-26-20-36(26)50(43(53)40(25(4)5)49-44(54)55-6)23-38-45-22-34(46-38)28-10-8-27(9-11-28)29-12-15-32-30(19-29)13-16-33-41(32)48-42(47-33)35-17-14-31-21-37(31)51(35)39(52)18-24(2)3/h7-12,15,19,22,24-26,31,35-37,40H,1,13-14,16-18,20-21,23H2,2-6H3,(H,45,46)(H,47,48)(H,49,54)/t26?,31-,35-,36?,37?,40-/m0/s1. The van der Waals surface area contributed by atoms with Gasteiger partial charge in [-0.3, -0.25) is 9.59 Å². The predicted octanol–water partition coefficient (Wildman–Crippen LogP) is 7.61. The third kappa shape index (κ3) is 7.33. The number of hydrogen-bond donors (Lipinski definition) is 3. The second kappa shape index (κ2) is 14.8. The van der Waals surface area contributed by atoms with E-state index >= 15 is 0 Å². The molecule has 3 heterocycles. The number of piperidine rings is 1. The van der Waals surface area contributed by atoms with E-state index in [0.717, 1.165) is 66.0 Å². The summed E-state index contributed by atoms with van der Waals surface area (Å²) in [7, 11) is 1.30. The van der Waals surface area contributed by atoms with E-state index in [-0.39, 0.29) is 35.7 Å². The first kappa shape index (κ1) is 36.8. The fourth-order valence-electron chi connectivity index (χ4n) is 8.81. The van der Waals surface area contributed by atoms with Gasteiger partial charge in [0.2, 0.25) is 11.8 Å². The summed E-state index contributed by atoms with van der Waals surface area (Å²) in [5.41, 5.74) is 8.81. The molecule has 3 aliphatic carbocycles. The molecular weight excluding hydrogens is 691 g/mol. The van der Waals surface area contributed by atoms with Crippen molar-refractivity contribution in [3.63, 3.8) is 0 Å². The molecule has 4 aliphatic rings. The summed E-state index contributed by atoms with van der Waals surface area (Å²) in [4.78, 5) is 60.2. The lowest BCUT2D eigenvalue weighted by molar-refractivity contribution is -0.137. The number of likely N-dealkylation sites (tertiary alicyclic amines) is 1. The lowest BCUT2D eigenvalue weighted by Crippen LogP contribution is -2.52. The maximum absolute atomic E-state index is 13.8. The largest absolute Gasteiger partial charge is 0.453 e. The number of rotatable bonds is 12. The van der Waals surface area contributed by atoms with E-state index in [2.05, 4.69) is 88.1 Å². The van der Waals surface area contributed by atoms with E-state index in [0.29, 0.717) is 36.7 Å². The van der Waals surface area contributed by atoms with Crippen LogP contribution in [0, 0.1) is 23.7 Å². The summed E-state index contributed by atoms with van der Waals surface area (Å²) in [6.07, 6.45) is 9.59. The Morgan fingerprint density at radius 3 is 2.49 bits per heavy atom. The number of aromatic nitrogens is 4. The highest BCUT2D eigenvalue weighted by molar-refractivity contribution is 5.86. The first-order valence-corrected chi connectivity index (χ1v) is 20.0. The van der Waals surface area contributed by atoms with Crippen molar-refractivity contribution in [3.05, 3.63) is 84.2 Å². The van der Waals surface area contributed by atoms with Gasteiger partial charge in [-0.1, -0.05) is 76.2 Å². The number of methoxy groups -OCH3 is 1. The SMILES string of the molecule is C=CC1CC1N(Cc1ncc(-c2ccc(-c3ccc4c(c3)CCc3[nH]c([C@@H]5CC[C@H]6CC6N5C(=O)CC(C)C)nc3-4)cc2)[nH]1)C(=O)[C@@H](NC(=O)OC)C(C)C. The number of carbonyl (C=O) groups is 3. The minimum Gasteiger partial charge on any atom is -0.453 e. The van der Waals surface area contributed by atoms with Crippen LogP contribution in [0.5, 0.6) is 0 Å². The molecule has 1 aliphatic heterocycles. The molecule has 288 valence electrons. The Balaban J connectivity index is 0.969. The average Bonchev–Trinajstić information content (AvgIpc) is 4.05. The summed E-state index contributed by atoms with van der Waals surface area (Å²) in [5.74, 6) is 2.82. The molecule has 11 nitrogen and oxygen atoms in total. The lowest BCUT2D eigenvalue weighted by atomic mass is 9.89. The fourth-order valence-corrected chi connectivity index (χ4v) is 8.81. The van der Waals surface area contributed by atoms with Gasteiger partial charge in [0, 0.05) is 29.8 Å². The number of H-pyrrole nitrogens is 2. The van der Waals surface area contributed by atoms with Gasteiger partial charge >= 0.3 is 6.09 Å². The lowest BCUT2D eigenvalue weighted by Gasteiger charge is -2.35. The highest BCUT2D eigenvalue weighted by Crippen LogP contribution is 2.50. The molecule has 3 N–H and O–H groups in total. The van der Waals surface area contributed by atoms with E-state index in [9.17, 15) is 14.4 Å². The van der Waals surface area contributed by atoms with Crippen LogP contribution in [0.25, 0.3) is 33.6 Å². The Morgan fingerprint density at radius 1 is 1.02 bits per heavy atom. The van der Waals surface area contributed by atoms with Crippen LogP contribution in [0.2, 0.25) is 0 Å². The van der Waals surface area contributed by atoms with Gasteiger partial charge in [-0.05, 0) is 84.5 Å². The molecule has 0 radical (unpaired) electrons. The van der Waals surface area contributed by atoms with Crippen LogP contribution in [-0.4, -0.2) is 72.9 Å². The number of amides is 3. The van der Waals surface area contributed by atoms with Crippen molar-refractivity contribution in [2.75, 3.05) is 7.11 Å². The van der Waals surface area contributed by atoms with Crippen LogP contribution < -0.4 is 5.32 Å². The molecule has 8 rings (SSSR count). The van der Waals surface area contributed by atoms with E-state index in [1.165, 1.54) is 30.4 Å². The zero-order valence-corrected chi connectivity index (χ0v) is 32.6. The number of benzene rings is 2. The average molecular weight is 744 g/mol. The van der Waals surface area contributed by atoms with Crippen molar-refractivity contribution < 1.29 is 19.1 Å². The molecule has 4 aromatic rings. The molecule has 2 aromatic heterocycles. The van der Waals surface area contributed by atoms with Crippen molar-refractivity contribution in [2.45, 2.75) is 103 Å². The van der Waals surface area contributed by atoms with Crippen molar-refractivity contribution in [1.29, 1.82) is 0 Å². The molecule has 2 saturated carbocycles. The quantitative estimate of drug-likeness (QED) is 0.128. The van der Waals surface area contributed by atoms with Gasteiger partial charge in [0.1, 0.15) is 17.7 Å². The monoisotopic (exact) mass is 743 g/mol. The number of hydrogen-bond acceptors (Lipinski definition) is 6. The Labute approximate surface area is 323 Å². The number of nitrogens with zero attached hydrogens (tertiary/aromatic N) is 4. The summed E-state index contributed by atoms with van der Waals surface area (Å²) in [5, 5.41) is 2.72. The third-order valence-electron chi connectivity index (χ3n) is 12.0. The van der Waals surface area contributed by atoms with Crippen LogP contribution in [-0.2, 0) is 33.7 Å². The minimum absolute atomic E-state index is 0.00903. The first-order valence-electron chi connectivity index (χ1n) is 20.0. The maximum atomic E-state index is 13.8. The van der Waals surface area contributed by atoms with E-state index in [1.807, 2.05) is 31.0 Å². The number of aryl methyl sites for hydroxylation is 2. The van der Waals surface area contributed by atoms with Crippen molar-refractivity contribution in [3.8, 4) is 33.6 Å². The Morgan fingerprint density at radius 2 is 1.78 bits per heavy atom. The summed E-state index contributed by atoms with van der Waals surface area (Å²) in [6.45, 7) is 12.3. The van der Waals surface area contributed by atoms with Gasteiger partial charge in [-0.2, -0.15) is 0 Å². The number of carbonyl (C=O) groups excluding carboxylic acids is 3. The van der Waals surface area contributed by atoms with Crippen molar-refractivity contribution >= 4 is 17.9 Å². The van der Waals surface area contributed by atoms with Crippen LogP contribution in [0.1, 0.15) is 88.7 Å². The first-order chi connectivity index (χ1) is 26.5. The normalized spacial score (nSPS) is 22.7. The molecular formula is C44H53N7O4. The molecule has 3 amide bonds. The second-order valence-electron chi connectivity index (χ2n) is 16.7. The van der Waals surface area contributed by atoms with E-state index in [1.54, 1.807) is 0 Å². The second-order valence-corrected chi connectivity index (χ2v) is 16.7. The zero-order chi connectivity index (χ0) is 38.5. The molecule has 3 fully saturated rings. The molecule has 55 heavy (non-hydrogen) atoms. The van der Waals surface area contributed by atoms with Crippen molar-refractivity contribution in [2.24, 2.45) is 23.7 Å². The highest BCUT2D eigenvalue weighted by atomic mass is 16.5. The summed E-state index contributed by atoms with van der Waals surface area (Å²) >= 11 is 0. The minimum atomic E-state index is -0.716. The topological polar surface area (TPSA) is 136 Å². The van der Waals surface area contributed by atoms with Gasteiger partial charge in [0.25, 0.3) is 0 Å². The van der Waals surface area contributed by atoms with Gasteiger partial charge in [0.05, 0.1) is 37.3 Å². The van der Waals surface area contributed by atoms with Crippen molar-refractivity contribution in [1.82, 2.24) is 35.1 Å². The van der Waals surface area contributed by atoms with E-state index < -0.39 is 12.1 Å². The Bertz CT molecular complexity index is 2100. The third-order valence-corrected chi connectivity index (χ3v) is 12.0. The molecule has 6 atom stereocenters. The van der Waals surface area contributed by atoms with Gasteiger partial charge in [-0.15, -0.1) is 6.58 Å². The molecule has 11 heteroatoms. The zero-order valence-electron chi connectivity index (χ0n) is 32.6. The Kier molecular flexibility index (Phi) is 9.90. The van der Waals surface area contributed by atoms with Crippen LogP contribution in [0.4, 0.5) is 4.79 Å². The summed E-state index contributed by atoms with van der Waals surface area (Å²) < 4.78 is 4.80. The van der Waals surface area contributed by atoms with Crippen LogP contribution in [0.3, 0.4) is 0 Å². The number of ether oxygens (including phenoxy) is 1. The molecule has 0 spiro atoms. The number of imidazole rings is 2. The Hall–Kier alpha value is -5.19. The van der Waals surface area contributed by atoms with Crippen LogP contribution in [0.15, 0.2) is 61.3 Å². The highest BCUT2D eigenvalue weighted by Gasteiger charge is 2.51. The van der Waals surface area contributed by atoms with E-state index in [4.69, 9.17) is 9.72 Å². The smallest absolute Gasteiger partial charge is 0.407 e. The van der Waals surface area contributed by atoms with Gasteiger partial charge < -0.3 is 29.8 Å².